The van der Waals surface area contributed by atoms with Crippen LogP contribution in [0, 0.1) is 10.1 Å². The van der Waals surface area contributed by atoms with E-state index in [1.54, 1.807) is 9.80 Å². The fraction of sp³-hybridized carbons (Fsp3) is 0.316. The average Bonchev–Trinajstić information content (AvgIpc) is 2.71. The molecule has 1 heterocycles. The minimum atomic E-state index is -3.55. The monoisotopic (exact) mass is 419 g/mol. The first kappa shape index (κ1) is 20.6. The highest BCUT2D eigenvalue weighted by Crippen LogP contribution is 2.31. The van der Waals surface area contributed by atoms with E-state index >= 15 is 0 Å². The molecule has 2 aromatic carbocycles. The molecule has 0 aromatic heterocycles. The molecule has 0 atom stereocenters. The first-order valence-corrected chi connectivity index (χ1v) is 10.8. The van der Waals surface area contributed by atoms with Crippen LogP contribution in [-0.2, 0) is 21.2 Å². The van der Waals surface area contributed by atoms with E-state index in [0.717, 1.165) is 17.9 Å². The smallest absolute Gasteiger partial charge is 0.410 e. The van der Waals surface area contributed by atoms with Gasteiger partial charge in [-0.3, -0.25) is 10.1 Å². The Balaban J connectivity index is 1.64. The Morgan fingerprint density at radius 1 is 1.10 bits per heavy atom. The third-order valence-corrected chi connectivity index (χ3v) is 5.77. The van der Waals surface area contributed by atoms with E-state index < -0.39 is 20.9 Å². The molecule has 0 radical (unpaired) electrons. The van der Waals surface area contributed by atoms with E-state index in [2.05, 4.69) is 0 Å². The van der Waals surface area contributed by atoms with Crippen molar-refractivity contribution in [2.24, 2.45) is 0 Å². The van der Waals surface area contributed by atoms with Crippen molar-refractivity contribution >= 4 is 27.3 Å². The summed E-state index contributed by atoms with van der Waals surface area (Å²) in [5.41, 5.74) is 0.953. The topological polar surface area (TPSA) is 110 Å². The van der Waals surface area contributed by atoms with Crippen LogP contribution in [0.4, 0.5) is 16.2 Å². The van der Waals surface area contributed by atoms with Crippen LogP contribution in [0.15, 0.2) is 53.4 Å². The van der Waals surface area contributed by atoms with Crippen LogP contribution in [0.2, 0.25) is 0 Å². The van der Waals surface area contributed by atoms with Crippen molar-refractivity contribution in [1.82, 2.24) is 4.90 Å². The van der Waals surface area contributed by atoms with Gasteiger partial charge in [-0.15, -0.1) is 0 Å². The Hall–Kier alpha value is -3.14. The minimum absolute atomic E-state index is 0.101. The van der Waals surface area contributed by atoms with Gasteiger partial charge in [-0.1, -0.05) is 30.3 Å². The predicted molar refractivity (Wildman–Crippen MR) is 107 cm³/mol. The number of carbonyl (C=O) groups excluding carboxylic acids is 1. The SMILES string of the molecule is CS(=O)(=O)c1ccc(N2CCN(C(=O)OCc3ccccc3)CC2)c([N+](=O)[O-])c1. The zero-order chi connectivity index (χ0) is 21.0. The Morgan fingerprint density at radius 3 is 2.34 bits per heavy atom. The molecular weight excluding hydrogens is 398 g/mol. The van der Waals surface area contributed by atoms with Gasteiger partial charge in [0.25, 0.3) is 5.69 Å². The zero-order valence-electron chi connectivity index (χ0n) is 15.9. The molecule has 29 heavy (non-hydrogen) atoms. The molecule has 0 N–H and O–H groups in total. The molecule has 1 fully saturated rings. The predicted octanol–water partition coefficient (Wildman–Crippen LogP) is 2.46. The van der Waals surface area contributed by atoms with Gasteiger partial charge in [0.05, 0.1) is 9.82 Å². The Kier molecular flexibility index (Phi) is 6.02. The molecule has 1 aliphatic rings. The number of sulfone groups is 1. The number of hydrogen-bond acceptors (Lipinski definition) is 7. The van der Waals surface area contributed by atoms with Crippen molar-refractivity contribution in [3.05, 3.63) is 64.2 Å². The summed E-state index contributed by atoms with van der Waals surface area (Å²) in [6.07, 6.45) is 0.571. The number of hydrogen-bond donors (Lipinski definition) is 0. The maximum absolute atomic E-state index is 12.3. The molecule has 0 bridgehead atoms. The van der Waals surface area contributed by atoms with Gasteiger partial charge in [0.2, 0.25) is 0 Å². The first-order valence-electron chi connectivity index (χ1n) is 8.95. The first-order chi connectivity index (χ1) is 13.8. The van der Waals surface area contributed by atoms with Gasteiger partial charge < -0.3 is 14.5 Å². The van der Waals surface area contributed by atoms with Crippen LogP contribution in [0.25, 0.3) is 0 Å². The van der Waals surface area contributed by atoms with Crippen LogP contribution < -0.4 is 4.90 Å². The summed E-state index contributed by atoms with van der Waals surface area (Å²) in [5.74, 6) is 0. The van der Waals surface area contributed by atoms with Gasteiger partial charge in [-0.05, 0) is 17.7 Å². The normalized spacial score (nSPS) is 14.5. The molecule has 1 aliphatic heterocycles. The summed E-state index contributed by atoms with van der Waals surface area (Å²) >= 11 is 0. The average molecular weight is 419 g/mol. The molecule has 2 aromatic rings. The molecule has 3 rings (SSSR count). The van der Waals surface area contributed by atoms with E-state index in [1.165, 1.54) is 12.1 Å². The molecular formula is C19H21N3O6S. The summed E-state index contributed by atoms with van der Waals surface area (Å²) in [5, 5.41) is 11.4. The molecule has 154 valence electrons. The van der Waals surface area contributed by atoms with Crippen LogP contribution in [-0.4, -0.2) is 56.8 Å². The molecule has 10 heteroatoms. The largest absolute Gasteiger partial charge is 0.445 e. The highest BCUT2D eigenvalue weighted by molar-refractivity contribution is 7.90. The standard InChI is InChI=1S/C19H21N3O6S/c1-29(26,27)16-7-8-17(18(13-16)22(24)25)20-9-11-21(12-10-20)19(23)28-14-15-5-3-2-4-6-15/h2-8,13H,9-12,14H2,1H3. The lowest BCUT2D eigenvalue weighted by Crippen LogP contribution is -2.49. The van der Waals surface area contributed by atoms with E-state index in [1.807, 2.05) is 30.3 Å². The summed E-state index contributed by atoms with van der Waals surface area (Å²) in [7, 11) is -3.55. The van der Waals surface area contributed by atoms with Crippen LogP contribution >= 0.6 is 0 Å². The molecule has 0 unspecified atom stereocenters. The van der Waals surface area contributed by atoms with Crippen molar-refractivity contribution in [3.8, 4) is 0 Å². The van der Waals surface area contributed by atoms with E-state index in [0.29, 0.717) is 31.9 Å². The quantitative estimate of drug-likeness (QED) is 0.541. The number of nitro groups is 1. The number of rotatable bonds is 5. The lowest BCUT2D eigenvalue weighted by atomic mass is 10.2. The third-order valence-electron chi connectivity index (χ3n) is 4.66. The lowest BCUT2D eigenvalue weighted by Gasteiger charge is -2.35. The van der Waals surface area contributed by atoms with Crippen LogP contribution in [0.1, 0.15) is 5.56 Å². The highest BCUT2D eigenvalue weighted by atomic mass is 32.2. The van der Waals surface area contributed by atoms with Crippen molar-refractivity contribution in [2.45, 2.75) is 11.5 Å². The maximum Gasteiger partial charge on any atom is 0.410 e. The van der Waals surface area contributed by atoms with Gasteiger partial charge in [0.1, 0.15) is 12.3 Å². The van der Waals surface area contributed by atoms with Crippen molar-refractivity contribution < 1.29 is 22.9 Å². The number of ether oxygens (including phenoxy) is 1. The number of nitrogens with zero attached hydrogens (tertiary/aromatic N) is 3. The number of carbonyl (C=O) groups is 1. The lowest BCUT2D eigenvalue weighted by molar-refractivity contribution is -0.384. The molecule has 0 saturated carbocycles. The van der Waals surface area contributed by atoms with Gasteiger partial charge >= 0.3 is 6.09 Å². The Morgan fingerprint density at radius 2 is 1.76 bits per heavy atom. The maximum atomic E-state index is 12.3. The zero-order valence-corrected chi connectivity index (χ0v) is 16.7. The summed E-state index contributed by atoms with van der Waals surface area (Å²) < 4.78 is 28.7. The number of nitro benzene ring substituents is 1. The number of piperazine rings is 1. The van der Waals surface area contributed by atoms with Crippen molar-refractivity contribution in [3.63, 3.8) is 0 Å². The molecule has 0 spiro atoms. The number of anilines is 1. The fourth-order valence-corrected chi connectivity index (χ4v) is 3.73. The highest BCUT2D eigenvalue weighted by Gasteiger charge is 2.27. The van der Waals surface area contributed by atoms with Crippen molar-refractivity contribution in [1.29, 1.82) is 0 Å². The van der Waals surface area contributed by atoms with Gasteiger partial charge in [-0.25, -0.2) is 13.2 Å². The fourth-order valence-electron chi connectivity index (χ4n) is 3.09. The van der Waals surface area contributed by atoms with Crippen LogP contribution in [0.5, 0.6) is 0 Å². The molecule has 0 aliphatic carbocycles. The van der Waals surface area contributed by atoms with Crippen molar-refractivity contribution in [2.75, 3.05) is 37.3 Å². The van der Waals surface area contributed by atoms with Gasteiger partial charge in [-0.2, -0.15) is 0 Å². The van der Waals surface area contributed by atoms with E-state index in [4.69, 9.17) is 4.74 Å². The van der Waals surface area contributed by atoms with Gasteiger partial charge in [0, 0.05) is 38.5 Å². The van der Waals surface area contributed by atoms with Crippen LogP contribution in [0.3, 0.4) is 0 Å². The number of amides is 1. The second-order valence-corrected chi connectivity index (χ2v) is 8.71. The summed E-state index contributed by atoms with van der Waals surface area (Å²) in [4.78, 5) is 26.3. The molecule has 1 saturated heterocycles. The Bertz CT molecular complexity index is 1000. The number of benzene rings is 2. The third kappa shape index (κ3) is 5.02. The molecule has 9 nitrogen and oxygen atoms in total. The van der Waals surface area contributed by atoms with E-state index in [-0.39, 0.29) is 17.2 Å². The molecule has 1 amide bonds. The second-order valence-electron chi connectivity index (χ2n) is 6.69. The van der Waals surface area contributed by atoms with E-state index in [9.17, 15) is 23.3 Å². The Labute approximate surface area is 168 Å². The summed E-state index contributed by atoms with van der Waals surface area (Å²) in [6, 6.07) is 13.2. The second kappa shape index (κ2) is 8.48. The summed E-state index contributed by atoms with van der Waals surface area (Å²) in [6.45, 7) is 1.62. The van der Waals surface area contributed by atoms with Gasteiger partial charge in [0.15, 0.2) is 9.84 Å². The minimum Gasteiger partial charge on any atom is -0.445 e.